The fraction of sp³-hybridized carbons (Fsp3) is 0.281. The van der Waals surface area contributed by atoms with Crippen LogP contribution in [0.15, 0.2) is 66.3 Å². The van der Waals surface area contributed by atoms with Crippen molar-refractivity contribution in [2.45, 2.75) is 6.54 Å². The topological polar surface area (TPSA) is 124 Å². The number of fused-ring (bicyclic) bond motifs is 2. The average Bonchev–Trinajstić information content (AvgIpc) is 3.69. The summed E-state index contributed by atoms with van der Waals surface area (Å²) in [7, 11) is 0. The van der Waals surface area contributed by atoms with Crippen LogP contribution in [0.25, 0.3) is 33.3 Å². The van der Waals surface area contributed by atoms with Crippen molar-refractivity contribution >= 4 is 33.9 Å². The van der Waals surface area contributed by atoms with Gasteiger partial charge in [-0.05, 0) is 41.5 Å². The van der Waals surface area contributed by atoms with Gasteiger partial charge in [-0.2, -0.15) is 10.1 Å². The summed E-state index contributed by atoms with van der Waals surface area (Å²) in [6.45, 7) is 7.66. The molecule has 222 valence electrons. The Morgan fingerprint density at radius 1 is 0.864 bits per heavy atom. The van der Waals surface area contributed by atoms with E-state index in [0.29, 0.717) is 18.9 Å². The summed E-state index contributed by atoms with van der Waals surface area (Å²) in [5, 5.41) is 13.9. The van der Waals surface area contributed by atoms with Crippen LogP contribution in [0.2, 0.25) is 0 Å². The van der Waals surface area contributed by atoms with Crippen LogP contribution in [0, 0.1) is 5.82 Å². The van der Waals surface area contributed by atoms with Gasteiger partial charge in [-0.1, -0.05) is 0 Å². The number of morpholine rings is 1. The van der Waals surface area contributed by atoms with Crippen molar-refractivity contribution in [3.63, 3.8) is 0 Å². The Labute approximate surface area is 253 Å². The van der Waals surface area contributed by atoms with Crippen molar-refractivity contribution in [3.05, 3.63) is 78.4 Å². The maximum atomic E-state index is 14.9. The quantitative estimate of drug-likeness (QED) is 0.276. The highest BCUT2D eigenvalue weighted by Gasteiger charge is 2.28. The van der Waals surface area contributed by atoms with Crippen molar-refractivity contribution in [3.8, 4) is 22.3 Å². The molecule has 7 heterocycles. The van der Waals surface area contributed by atoms with E-state index in [0.717, 1.165) is 102 Å². The Hall–Kier alpha value is -4.62. The van der Waals surface area contributed by atoms with Gasteiger partial charge in [0.2, 0.25) is 0 Å². The van der Waals surface area contributed by atoms with E-state index in [1.54, 1.807) is 24.5 Å². The van der Waals surface area contributed by atoms with E-state index in [9.17, 15) is 4.39 Å². The van der Waals surface area contributed by atoms with Crippen LogP contribution in [0.5, 0.6) is 0 Å². The van der Waals surface area contributed by atoms with E-state index in [1.165, 1.54) is 5.56 Å². The monoisotopic (exact) mass is 591 g/mol. The van der Waals surface area contributed by atoms with E-state index in [-0.39, 0.29) is 5.82 Å². The fourth-order valence-electron chi connectivity index (χ4n) is 6.19. The first-order valence-electron chi connectivity index (χ1n) is 14.9. The lowest BCUT2D eigenvalue weighted by Gasteiger charge is -2.29. The number of amidine groups is 1. The zero-order chi connectivity index (χ0) is 29.5. The number of nitrogens with two attached hydrogens (primary N) is 1. The van der Waals surface area contributed by atoms with Gasteiger partial charge < -0.3 is 15.0 Å². The van der Waals surface area contributed by atoms with Crippen molar-refractivity contribution in [2.75, 3.05) is 57.4 Å². The van der Waals surface area contributed by atoms with Crippen LogP contribution < -0.4 is 15.5 Å². The van der Waals surface area contributed by atoms with Gasteiger partial charge in [0.05, 0.1) is 24.8 Å². The molecular weight excluding hydrogens is 559 g/mol. The molecule has 0 radical (unpaired) electrons. The summed E-state index contributed by atoms with van der Waals surface area (Å²) in [6.07, 6.45) is 9.19. The Balaban J connectivity index is 1.11. The van der Waals surface area contributed by atoms with E-state index in [1.807, 2.05) is 30.0 Å². The molecule has 5 aromatic rings. The van der Waals surface area contributed by atoms with Crippen molar-refractivity contribution in [1.82, 2.24) is 35.4 Å². The predicted molar refractivity (Wildman–Crippen MR) is 166 cm³/mol. The molecule has 3 aliphatic heterocycles. The molecule has 0 aliphatic carbocycles. The van der Waals surface area contributed by atoms with Crippen LogP contribution in [0.4, 0.5) is 21.5 Å². The molecule has 2 fully saturated rings. The molecule has 44 heavy (non-hydrogen) atoms. The Morgan fingerprint density at radius 3 is 2.59 bits per heavy atom. The molecule has 0 amide bonds. The number of pyridine rings is 3. The number of aromatic amines is 1. The van der Waals surface area contributed by atoms with Crippen LogP contribution in [-0.2, 0) is 11.3 Å². The SMILES string of the molecule is Fc1cc(-c2cncc3c2N=C(c2[nH]nc4ncc(-c5cncc(CN6CCNCC6)c5)cc24)[NH2+]3)cc(N2CCOCC2)c1. The number of aliphatic imine (C=N–C) groups is 1. The lowest BCUT2D eigenvalue weighted by Crippen LogP contribution is -2.80. The minimum atomic E-state index is -0.294. The zero-order valence-corrected chi connectivity index (χ0v) is 24.1. The smallest absolute Gasteiger partial charge is 0.256 e. The number of piperazine rings is 1. The number of anilines is 1. The van der Waals surface area contributed by atoms with Crippen molar-refractivity contribution in [2.24, 2.45) is 4.99 Å². The molecule has 3 aliphatic rings. The third kappa shape index (κ3) is 5.22. The first-order chi connectivity index (χ1) is 21.7. The second kappa shape index (κ2) is 11.5. The third-order valence-electron chi connectivity index (χ3n) is 8.45. The van der Waals surface area contributed by atoms with E-state index >= 15 is 0 Å². The maximum absolute atomic E-state index is 14.9. The molecule has 0 unspecified atom stereocenters. The Kier molecular flexibility index (Phi) is 7.03. The molecule has 0 spiro atoms. The van der Waals surface area contributed by atoms with Gasteiger partial charge in [0.1, 0.15) is 17.2 Å². The second-order valence-corrected chi connectivity index (χ2v) is 11.4. The van der Waals surface area contributed by atoms with Gasteiger partial charge in [-0.15, -0.1) is 0 Å². The molecule has 2 saturated heterocycles. The zero-order valence-electron chi connectivity index (χ0n) is 24.1. The molecule has 4 aromatic heterocycles. The fourth-order valence-corrected chi connectivity index (χ4v) is 6.19. The van der Waals surface area contributed by atoms with Crippen LogP contribution >= 0.6 is 0 Å². The van der Waals surface area contributed by atoms with Gasteiger partial charge in [-0.3, -0.25) is 25.3 Å². The number of H-pyrrole nitrogens is 1. The van der Waals surface area contributed by atoms with Gasteiger partial charge in [-0.25, -0.2) is 9.37 Å². The Morgan fingerprint density at radius 2 is 1.70 bits per heavy atom. The number of hydrogen-bond acceptors (Lipinski definition) is 9. The number of halogens is 1. The summed E-state index contributed by atoms with van der Waals surface area (Å²) in [5.41, 5.74) is 8.49. The van der Waals surface area contributed by atoms with E-state index < -0.39 is 0 Å². The van der Waals surface area contributed by atoms with E-state index in [2.05, 4.69) is 52.4 Å². The highest BCUT2D eigenvalue weighted by atomic mass is 19.1. The summed E-state index contributed by atoms with van der Waals surface area (Å²) < 4.78 is 20.3. The Bertz CT molecular complexity index is 1880. The van der Waals surface area contributed by atoms with Crippen molar-refractivity contribution in [1.29, 1.82) is 0 Å². The highest BCUT2D eigenvalue weighted by Crippen LogP contribution is 2.38. The number of hydrogen-bond donors (Lipinski definition) is 3. The summed E-state index contributed by atoms with van der Waals surface area (Å²) in [6, 6.07) is 9.40. The molecule has 0 atom stereocenters. The predicted octanol–water partition coefficient (Wildman–Crippen LogP) is 2.75. The molecule has 1 aromatic carbocycles. The molecular formula is C32H32FN10O+. The first-order valence-corrected chi connectivity index (χ1v) is 14.9. The lowest BCUT2D eigenvalue weighted by atomic mass is 10.0. The molecule has 11 nitrogen and oxygen atoms in total. The van der Waals surface area contributed by atoms with Gasteiger partial charge in [0.15, 0.2) is 11.3 Å². The summed E-state index contributed by atoms with van der Waals surface area (Å²) in [4.78, 5) is 23.3. The number of ether oxygens (including phenoxy) is 1. The summed E-state index contributed by atoms with van der Waals surface area (Å²) in [5.74, 6) is 0.434. The normalized spacial score (nSPS) is 17.2. The number of nitrogens with one attached hydrogen (secondary N) is 2. The number of nitrogens with zero attached hydrogens (tertiary/aromatic N) is 7. The van der Waals surface area contributed by atoms with E-state index in [4.69, 9.17) is 9.73 Å². The standard InChI is InChI=1S/C32H31FN10O/c33-24-10-21(11-25(13-24)43-5-7-44-8-6-43)27-17-36-18-28-29(27)39-32(38-28)30-26-12-23(16-37-31(26)41-40-30)22-9-20(14-35-15-22)19-42-3-1-34-2-4-42/h9-18,34H,1-8,19H2,(H,38,39)(H,37,40,41)/p+1. The molecule has 8 rings (SSSR count). The molecule has 0 saturated carbocycles. The second-order valence-electron chi connectivity index (χ2n) is 11.4. The number of rotatable bonds is 6. The van der Waals surface area contributed by atoms with Crippen molar-refractivity contribution < 1.29 is 14.4 Å². The number of aromatic nitrogens is 5. The number of benzene rings is 1. The minimum absolute atomic E-state index is 0.294. The molecule has 4 N–H and O–H groups in total. The third-order valence-corrected chi connectivity index (χ3v) is 8.45. The molecule has 0 bridgehead atoms. The van der Waals surface area contributed by atoms with Crippen LogP contribution in [0.1, 0.15) is 11.3 Å². The lowest BCUT2D eigenvalue weighted by molar-refractivity contribution is -0.437. The molecule has 12 heteroatoms. The summed E-state index contributed by atoms with van der Waals surface area (Å²) >= 11 is 0. The van der Waals surface area contributed by atoms with Crippen LogP contribution in [0.3, 0.4) is 0 Å². The largest absolute Gasteiger partial charge is 0.378 e. The van der Waals surface area contributed by atoms with Gasteiger partial charge in [0.25, 0.3) is 5.84 Å². The van der Waals surface area contributed by atoms with Gasteiger partial charge >= 0.3 is 0 Å². The number of quaternary nitrogens is 1. The van der Waals surface area contributed by atoms with Crippen LogP contribution in [-0.4, -0.2) is 88.4 Å². The minimum Gasteiger partial charge on any atom is -0.378 e. The average molecular weight is 592 g/mol. The maximum Gasteiger partial charge on any atom is 0.256 e. The highest BCUT2D eigenvalue weighted by molar-refractivity contribution is 6.07. The van der Waals surface area contributed by atoms with Gasteiger partial charge in [0, 0.05) is 93.0 Å². The first kappa shape index (κ1) is 27.0.